The molecule has 0 amide bonds. The van der Waals surface area contributed by atoms with Gasteiger partial charge in [0, 0.05) is 0 Å². The minimum absolute atomic E-state index is 0.251. The van der Waals surface area contributed by atoms with Crippen molar-refractivity contribution in [2.24, 2.45) is 0 Å². The summed E-state index contributed by atoms with van der Waals surface area (Å²) in [7, 11) is 0. The number of H-pyrrole nitrogens is 1. The van der Waals surface area contributed by atoms with Crippen LogP contribution in [0, 0.1) is 11.9 Å². The third-order valence-corrected chi connectivity index (χ3v) is 2.49. The number of aromatic nitrogens is 2. The Morgan fingerprint density at radius 1 is 1.19 bits per heavy atom. The van der Waals surface area contributed by atoms with Crippen molar-refractivity contribution in [2.45, 2.75) is 0 Å². The molecular formula is C13H8FN2. The van der Waals surface area contributed by atoms with Crippen molar-refractivity contribution in [2.75, 3.05) is 0 Å². The first-order chi connectivity index (χ1) is 7.83. The quantitative estimate of drug-likeness (QED) is 0.658. The third kappa shape index (κ3) is 1.46. The predicted molar refractivity (Wildman–Crippen MR) is 60.3 cm³/mol. The third-order valence-electron chi connectivity index (χ3n) is 2.49. The first kappa shape index (κ1) is 9.09. The van der Waals surface area contributed by atoms with Gasteiger partial charge >= 0.3 is 0 Å². The standard InChI is InChI=1S/C13H8FN2/c14-11-3-1-2-9(6-11)10-4-5-12-13(7-10)16-8-15-12/h1,3-8H,(H,15,16). The molecule has 2 aromatic carbocycles. The van der Waals surface area contributed by atoms with Gasteiger partial charge in [0.15, 0.2) is 0 Å². The molecule has 0 aliphatic carbocycles. The fourth-order valence-corrected chi connectivity index (χ4v) is 1.71. The summed E-state index contributed by atoms with van der Waals surface area (Å²) in [5, 5.41) is 0. The monoisotopic (exact) mass is 211 g/mol. The second kappa shape index (κ2) is 3.45. The molecule has 16 heavy (non-hydrogen) atoms. The van der Waals surface area contributed by atoms with Crippen molar-refractivity contribution in [3.8, 4) is 11.1 Å². The van der Waals surface area contributed by atoms with Crippen molar-refractivity contribution < 1.29 is 4.39 Å². The molecule has 3 aromatic rings. The molecule has 0 fully saturated rings. The molecular weight excluding hydrogens is 203 g/mol. The van der Waals surface area contributed by atoms with E-state index in [1.54, 1.807) is 12.4 Å². The van der Waals surface area contributed by atoms with E-state index in [1.165, 1.54) is 12.1 Å². The lowest BCUT2D eigenvalue weighted by Crippen LogP contribution is -1.80. The number of aromatic amines is 1. The maximum Gasteiger partial charge on any atom is 0.123 e. The number of rotatable bonds is 1. The van der Waals surface area contributed by atoms with Gasteiger partial charge in [-0.15, -0.1) is 0 Å². The van der Waals surface area contributed by atoms with Crippen LogP contribution in [0.2, 0.25) is 0 Å². The number of hydrogen-bond acceptors (Lipinski definition) is 1. The molecule has 0 saturated carbocycles. The fourth-order valence-electron chi connectivity index (χ4n) is 1.71. The Morgan fingerprint density at radius 3 is 3.00 bits per heavy atom. The Balaban J connectivity index is 2.18. The Kier molecular flexibility index (Phi) is 1.96. The molecule has 1 aromatic heterocycles. The first-order valence-electron chi connectivity index (χ1n) is 4.94. The fraction of sp³-hybridized carbons (Fsp3) is 0. The molecule has 1 heterocycles. The zero-order valence-corrected chi connectivity index (χ0v) is 8.37. The minimum Gasteiger partial charge on any atom is -0.345 e. The number of halogens is 1. The van der Waals surface area contributed by atoms with E-state index in [1.807, 2.05) is 18.2 Å². The number of benzene rings is 2. The molecule has 0 bridgehead atoms. The molecule has 0 aliphatic heterocycles. The summed E-state index contributed by atoms with van der Waals surface area (Å²) in [5.74, 6) is -0.251. The van der Waals surface area contributed by atoms with Crippen LogP contribution in [0.3, 0.4) is 0 Å². The van der Waals surface area contributed by atoms with E-state index in [0.717, 1.165) is 22.2 Å². The second-order valence-electron chi connectivity index (χ2n) is 3.56. The van der Waals surface area contributed by atoms with Gasteiger partial charge in [-0.25, -0.2) is 9.37 Å². The van der Waals surface area contributed by atoms with Gasteiger partial charge < -0.3 is 4.98 Å². The summed E-state index contributed by atoms with van der Waals surface area (Å²) in [6.45, 7) is 0. The molecule has 3 heteroatoms. The van der Waals surface area contributed by atoms with Gasteiger partial charge in [0.25, 0.3) is 0 Å². The van der Waals surface area contributed by atoms with Gasteiger partial charge in [0.05, 0.1) is 17.4 Å². The molecule has 0 spiro atoms. The van der Waals surface area contributed by atoms with E-state index >= 15 is 0 Å². The zero-order chi connectivity index (χ0) is 11.0. The maximum atomic E-state index is 13.1. The van der Waals surface area contributed by atoms with Crippen molar-refractivity contribution in [1.82, 2.24) is 9.97 Å². The predicted octanol–water partition coefficient (Wildman–Crippen LogP) is 3.17. The van der Waals surface area contributed by atoms with Crippen molar-refractivity contribution in [3.63, 3.8) is 0 Å². The van der Waals surface area contributed by atoms with Crippen LogP contribution in [-0.4, -0.2) is 9.97 Å². The van der Waals surface area contributed by atoms with Crippen LogP contribution < -0.4 is 0 Å². The number of nitrogens with one attached hydrogen (secondary N) is 1. The maximum absolute atomic E-state index is 13.1. The van der Waals surface area contributed by atoms with Crippen LogP contribution in [0.1, 0.15) is 0 Å². The summed E-state index contributed by atoms with van der Waals surface area (Å²) >= 11 is 0. The highest BCUT2D eigenvalue weighted by atomic mass is 19.1. The minimum atomic E-state index is -0.251. The van der Waals surface area contributed by atoms with Gasteiger partial charge in [0.1, 0.15) is 5.82 Å². The van der Waals surface area contributed by atoms with Crippen molar-refractivity contribution in [3.05, 3.63) is 54.6 Å². The summed E-state index contributed by atoms with van der Waals surface area (Å²) < 4.78 is 13.1. The van der Waals surface area contributed by atoms with Gasteiger partial charge in [0.2, 0.25) is 0 Å². The average Bonchev–Trinajstić information content (AvgIpc) is 2.75. The van der Waals surface area contributed by atoms with Gasteiger partial charge in [-0.2, -0.15) is 0 Å². The lowest BCUT2D eigenvalue weighted by atomic mass is 10.1. The van der Waals surface area contributed by atoms with Crippen LogP contribution in [0.25, 0.3) is 22.2 Å². The highest BCUT2D eigenvalue weighted by Crippen LogP contribution is 2.22. The molecule has 0 aliphatic rings. The van der Waals surface area contributed by atoms with E-state index in [9.17, 15) is 4.39 Å². The highest BCUT2D eigenvalue weighted by Gasteiger charge is 2.02. The Hall–Kier alpha value is -2.16. The van der Waals surface area contributed by atoms with Crippen LogP contribution >= 0.6 is 0 Å². The number of fused-ring (bicyclic) bond motifs is 1. The van der Waals surface area contributed by atoms with Crippen molar-refractivity contribution in [1.29, 1.82) is 0 Å². The normalized spacial score (nSPS) is 10.8. The van der Waals surface area contributed by atoms with Gasteiger partial charge in [-0.1, -0.05) is 12.1 Å². The molecule has 2 nitrogen and oxygen atoms in total. The van der Waals surface area contributed by atoms with E-state index < -0.39 is 0 Å². The SMILES string of the molecule is Fc1cc[c]c(-c2ccc3nc[nH]c3c2)c1. The van der Waals surface area contributed by atoms with Crippen LogP contribution in [0.15, 0.2) is 42.7 Å². The molecule has 1 N–H and O–H groups in total. The lowest BCUT2D eigenvalue weighted by Gasteiger charge is -2.00. The van der Waals surface area contributed by atoms with Gasteiger partial charge in [-0.05, 0) is 41.5 Å². The molecule has 0 saturated heterocycles. The van der Waals surface area contributed by atoms with E-state index in [0.29, 0.717) is 0 Å². The number of hydrogen-bond donors (Lipinski definition) is 1. The largest absolute Gasteiger partial charge is 0.345 e. The molecule has 0 atom stereocenters. The lowest BCUT2D eigenvalue weighted by molar-refractivity contribution is 0.628. The Labute approximate surface area is 91.8 Å². The van der Waals surface area contributed by atoms with Crippen LogP contribution in [-0.2, 0) is 0 Å². The summed E-state index contributed by atoms with van der Waals surface area (Å²) in [6.07, 6.45) is 1.64. The van der Waals surface area contributed by atoms with Gasteiger partial charge in [-0.3, -0.25) is 0 Å². The Bertz CT molecular complexity index is 643. The molecule has 0 unspecified atom stereocenters. The first-order valence-corrected chi connectivity index (χ1v) is 4.94. The van der Waals surface area contributed by atoms with Crippen LogP contribution in [0.5, 0.6) is 0 Å². The summed E-state index contributed by atoms with van der Waals surface area (Å²) in [6, 6.07) is 13.2. The Morgan fingerprint density at radius 2 is 2.12 bits per heavy atom. The number of nitrogens with zero attached hydrogens (tertiary/aromatic N) is 1. The summed E-state index contributed by atoms with van der Waals surface area (Å²) in [4.78, 5) is 7.16. The average molecular weight is 211 g/mol. The molecule has 3 rings (SSSR count). The van der Waals surface area contributed by atoms with Crippen molar-refractivity contribution >= 4 is 11.0 Å². The molecule has 77 valence electrons. The van der Waals surface area contributed by atoms with E-state index in [-0.39, 0.29) is 5.82 Å². The van der Waals surface area contributed by atoms with Crippen LogP contribution in [0.4, 0.5) is 4.39 Å². The number of imidazole rings is 1. The van der Waals surface area contributed by atoms with E-state index in [4.69, 9.17) is 0 Å². The smallest absolute Gasteiger partial charge is 0.123 e. The molecule has 1 radical (unpaired) electrons. The van der Waals surface area contributed by atoms with E-state index in [2.05, 4.69) is 16.0 Å². The topological polar surface area (TPSA) is 28.7 Å². The second-order valence-corrected chi connectivity index (χ2v) is 3.56. The highest BCUT2D eigenvalue weighted by molar-refractivity contribution is 5.81. The summed E-state index contributed by atoms with van der Waals surface area (Å²) in [5.41, 5.74) is 3.52. The zero-order valence-electron chi connectivity index (χ0n) is 8.37.